The van der Waals surface area contributed by atoms with E-state index in [0.29, 0.717) is 11.4 Å². The first-order valence-electron chi connectivity index (χ1n) is 7.76. The highest BCUT2D eigenvalue weighted by atomic mass is 16.6. The number of nitrogens with one attached hydrogen (secondary N) is 1. The summed E-state index contributed by atoms with van der Waals surface area (Å²) >= 11 is 0. The van der Waals surface area contributed by atoms with Crippen molar-refractivity contribution in [3.8, 4) is 11.8 Å². The molecule has 0 unspecified atom stereocenters. The number of nitriles is 1. The highest BCUT2D eigenvalue weighted by Gasteiger charge is 2.22. The number of carbonyl (C=O) groups excluding carboxylic acids is 2. The van der Waals surface area contributed by atoms with Gasteiger partial charge >= 0.3 is 12.1 Å². The Morgan fingerprint density at radius 1 is 1.23 bits per heavy atom. The summed E-state index contributed by atoms with van der Waals surface area (Å²) < 4.78 is 11.4. The number of rotatable bonds is 3. The number of nitrogen functional groups attached to an aromatic ring is 1. The molecular formula is C18H20N4O4. The number of methoxy groups -OCH3 is 1. The fourth-order valence-corrected chi connectivity index (χ4v) is 2.25. The van der Waals surface area contributed by atoms with Gasteiger partial charge in [0.15, 0.2) is 5.69 Å². The summed E-state index contributed by atoms with van der Waals surface area (Å²) in [7, 11) is 1.24. The molecule has 0 spiro atoms. The number of ether oxygens (including phenoxy) is 2. The van der Waals surface area contributed by atoms with E-state index in [1.54, 1.807) is 45.0 Å². The first-order valence-corrected chi connectivity index (χ1v) is 7.76. The minimum atomic E-state index is -0.653. The summed E-state index contributed by atoms with van der Waals surface area (Å²) in [4.78, 5) is 23.8. The number of aromatic nitrogens is 1. The molecule has 8 heteroatoms. The molecule has 0 atom stereocenters. The molecule has 2 aromatic rings. The Labute approximate surface area is 151 Å². The molecule has 2 rings (SSSR count). The highest BCUT2D eigenvalue weighted by molar-refractivity contribution is 5.96. The van der Waals surface area contributed by atoms with Crippen molar-refractivity contribution in [1.29, 1.82) is 5.26 Å². The Morgan fingerprint density at radius 3 is 2.35 bits per heavy atom. The lowest BCUT2D eigenvalue weighted by molar-refractivity contribution is 0.0591. The average Bonchev–Trinajstić information content (AvgIpc) is 2.89. The molecule has 8 nitrogen and oxygen atoms in total. The van der Waals surface area contributed by atoms with Crippen LogP contribution in [0.1, 0.15) is 36.8 Å². The van der Waals surface area contributed by atoms with Crippen LogP contribution in [-0.4, -0.2) is 29.3 Å². The zero-order chi connectivity index (χ0) is 19.5. The van der Waals surface area contributed by atoms with Gasteiger partial charge in [-0.25, -0.2) is 9.59 Å². The molecule has 1 amide bonds. The van der Waals surface area contributed by atoms with E-state index in [9.17, 15) is 9.59 Å². The molecule has 3 N–H and O–H groups in total. The molecule has 0 aliphatic rings. The first-order chi connectivity index (χ1) is 12.2. The van der Waals surface area contributed by atoms with Crippen molar-refractivity contribution in [3.63, 3.8) is 0 Å². The van der Waals surface area contributed by atoms with Crippen LogP contribution in [0.25, 0.3) is 5.69 Å². The highest BCUT2D eigenvalue weighted by Crippen LogP contribution is 2.25. The largest absolute Gasteiger partial charge is 0.464 e. The molecule has 0 saturated carbocycles. The van der Waals surface area contributed by atoms with Gasteiger partial charge in [-0.1, -0.05) is 0 Å². The molecule has 0 radical (unpaired) electrons. The van der Waals surface area contributed by atoms with Crippen molar-refractivity contribution in [3.05, 3.63) is 41.7 Å². The predicted molar refractivity (Wildman–Crippen MR) is 96.1 cm³/mol. The smallest absolute Gasteiger partial charge is 0.412 e. The maximum Gasteiger partial charge on any atom is 0.412 e. The van der Waals surface area contributed by atoms with Crippen LogP contribution in [0.15, 0.2) is 30.5 Å². The maximum atomic E-state index is 12.0. The standard InChI is InChI=1S/C18H20N4O4/c1-18(2,3)26-17(24)21-12-5-7-13(8-6-12)22-10-11(9-19)14(20)15(22)16(23)25-4/h5-8,10H,20H2,1-4H3,(H,21,24). The molecule has 0 bridgehead atoms. The maximum absolute atomic E-state index is 12.0. The van der Waals surface area contributed by atoms with E-state index in [1.165, 1.54) is 17.9 Å². The summed E-state index contributed by atoms with van der Waals surface area (Å²) in [6, 6.07) is 8.55. The van der Waals surface area contributed by atoms with Crippen molar-refractivity contribution in [2.75, 3.05) is 18.2 Å². The number of carbonyl (C=O) groups is 2. The van der Waals surface area contributed by atoms with Crippen molar-refractivity contribution >= 4 is 23.4 Å². The molecule has 1 aromatic heterocycles. The summed E-state index contributed by atoms with van der Waals surface area (Å²) in [5.41, 5.74) is 6.64. The monoisotopic (exact) mass is 356 g/mol. The predicted octanol–water partition coefficient (Wildman–Crippen LogP) is 3.06. The zero-order valence-electron chi connectivity index (χ0n) is 15.0. The molecule has 1 aromatic carbocycles. The second kappa shape index (κ2) is 7.19. The van der Waals surface area contributed by atoms with E-state index in [1.807, 2.05) is 6.07 Å². The van der Waals surface area contributed by atoms with Crippen molar-refractivity contribution in [1.82, 2.24) is 4.57 Å². The van der Waals surface area contributed by atoms with Crippen LogP contribution in [0.3, 0.4) is 0 Å². The number of anilines is 2. The molecule has 0 saturated heterocycles. The topological polar surface area (TPSA) is 119 Å². The second-order valence-corrected chi connectivity index (χ2v) is 6.45. The van der Waals surface area contributed by atoms with E-state index in [0.717, 1.165) is 0 Å². The van der Waals surface area contributed by atoms with Crippen LogP contribution >= 0.6 is 0 Å². The number of benzene rings is 1. The molecule has 0 aliphatic heterocycles. The Kier molecular flexibility index (Phi) is 5.22. The Bertz CT molecular complexity index is 870. The van der Waals surface area contributed by atoms with E-state index in [2.05, 4.69) is 5.32 Å². The van der Waals surface area contributed by atoms with E-state index in [4.69, 9.17) is 20.5 Å². The quantitative estimate of drug-likeness (QED) is 0.816. The third-order valence-electron chi connectivity index (χ3n) is 3.33. The van der Waals surface area contributed by atoms with Gasteiger partial charge in [0.25, 0.3) is 0 Å². The van der Waals surface area contributed by atoms with Gasteiger partial charge in [-0.2, -0.15) is 5.26 Å². The van der Waals surface area contributed by atoms with Crippen LogP contribution < -0.4 is 11.1 Å². The van der Waals surface area contributed by atoms with Crippen LogP contribution in [-0.2, 0) is 9.47 Å². The molecule has 1 heterocycles. The molecule has 0 aliphatic carbocycles. The summed E-state index contributed by atoms with van der Waals surface area (Å²) in [6.45, 7) is 5.31. The van der Waals surface area contributed by atoms with Crippen LogP contribution in [0.4, 0.5) is 16.2 Å². The van der Waals surface area contributed by atoms with E-state index >= 15 is 0 Å². The number of hydrogen-bond donors (Lipinski definition) is 2. The SMILES string of the molecule is COC(=O)c1c(N)c(C#N)cn1-c1ccc(NC(=O)OC(C)(C)C)cc1. The molecule has 136 valence electrons. The fourth-order valence-electron chi connectivity index (χ4n) is 2.25. The Morgan fingerprint density at radius 2 is 1.85 bits per heavy atom. The van der Waals surface area contributed by atoms with Gasteiger partial charge in [-0.15, -0.1) is 0 Å². The second-order valence-electron chi connectivity index (χ2n) is 6.45. The summed E-state index contributed by atoms with van der Waals surface area (Å²) in [5, 5.41) is 11.8. The molecular weight excluding hydrogens is 336 g/mol. The van der Waals surface area contributed by atoms with Crippen molar-refractivity contribution < 1.29 is 19.1 Å². The minimum absolute atomic E-state index is 0.0512. The lowest BCUT2D eigenvalue weighted by Gasteiger charge is -2.19. The fraction of sp³-hybridized carbons (Fsp3) is 0.278. The summed E-state index contributed by atoms with van der Waals surface area (Å²) in [5.74, 6) is -0.653. The minimum Gasteiger partial charge on any atom is -0.464 e. The number of nitrogens with two attached hydrogens (primary N) is 1. The van der Waals surface area contributed by atoms with Crippen molar-refractivity contribution in [2.24, 2.45) is 0 Å². The Balaban J connectivity index is 2.30. The van der Waals surface area contributed by atoms with Gasteiger partial charge in [0.1, 0.15) is 11.7 Å². The molecule has 0 fully saturated rings. The number of hydrogen-bond acceptors (Lipinski definition) is 6. The number of amides is 1. The first kappa shape index (κ1) is 18.9. The molecule has 26 heavy (non-hydrogen) atoms. The van der Waals surface area contributed by atoms with Gasteiger partial charge in [-0.05, 0) is 45.0 Å². The van der Waals surface area contributed by atoms with Gasteiger partial charge in [0.05, 0.1) is 18.4 Å². The lowest BCUT2D eigenvalue weighted by atomic mass is 10.2. The third kappa shape index (κ3) is 4.13. The van der Waals surface area contributed by atoms with Crippen LogP contribution in [0, 0.1) is 11.3 Å². The number of esters is 1. The van der Waals surface area contributed by atoms with Crippen molar-refractivity contribution in [2.45, 2.75) is 26.4 Å². The van der Waals surface area contributed by atoms with E-state index in [-0.39, 0.29) is 16.9 Å². The Hall–Kier alpha value is -3.47. The van der Waals surface area contributed by atoms with Gasteiger partial charge in [-0.3, -0.25) is 5.32 Å². The lowest BCUT2D eigenvalue weighted by Crippen LogP contribution is -2.27. The average molecular weight is 356 g/mol. The van der Waals surface area contributed by atoms with Crippen LogP contribution in [0.2, 0.25) is 0 Å². The zero-order valence-corrected chi connectivity index (χ0v) is 15.0. The van der Waals surface area contributed by atoms with Gasteiger partial charge < -0.3 is 19.8 Å². The van der Waals surface area contributed by atoms with E-state index < -0.39 is 17.7 Å². The van der Waals surface area contributed by atoms with Crippen LogP contribution in [0.5, 0.6) is 0 Å². The van der Waals surface area contributed by atoms with Gasteiger partial charge in [0.2, 0.25) is 0 Å². The van der Waals surface area contributed by atoms with Gasteiger partial charge in [0, 0.05) is 17.6 Å². The summed E-state index contributed by atoms with van der Waals surface area (Å²) in [6.07, 6.45) is 0.884. The normalized spacial score (nSPS) is 10.7. The third-order valence-corrected chi connectivity index (χ3v) is 3.33. The number of nitrogens with zero attached hydrogens (tertiary/aromatic N) is 2.